The van der Waals surface area contributed by atoms with Gasteiger partial charge in [-0.25, -0.2) is 0 Å². The fourth-order valence-electron chi connectivity index (χ4n) is 1.60. The van der Waals surface area contributed by atoms with Crippen LogP contribution < -0.4 is 0 Å². The van der Waals surface area contributed by atoms with Crippen LogP contribution in [0, 0.1) is 0 Å². The molecule has 0 aromatic rings. The van der Waals surface area contributed by atoms with Crippen LogP contribution in [0.4, 0.5) is 0 Å². The van der Waals surface area contributed by atoms with Crippen molar-refractivity contribution < 1.29 is 18.1 Å². The molecule has 80 valence electrons. The minimum absolute atomic E-state index is 0.0873. The van der Waals surface area contributed by atoms with Crippen LogP contribution in [0.15, 0.2) is 46.4 Å². The molecule has 0 bridgehead atoms. The number of rotatable bonds is 1. The molecule has 15 heavy (non-hydrogen) atoms. The fraction of sp³-hybridized carbons (Fsp3) is 0.200. The van der Waals surface area contributed by atoms with E-state index in [1.165, 1.54) is 12.2 Å². The Kier molecular flexibility index (Phi) is 2.38. The van der Waals surface area contributed by atoms with E-state index in [1.807, 2.05) is 0 Å². The average molecular weight is 226 g/mol. The van der Waals surface area contributed by atoms with Crippen LogP contribution in [0.1, 0.15) is 6.42 Å². The lowest BCUT2D eigenvalue weighted by molar-refractivity contribution is 0.269. The smallest absolute Gasteiger partial charge is 0.294 e. The molecule has 5 heteroatoms. The molecule has 0 fully saturated rings. The number of aliphatic hydroxyl groups is 1. The van der Waals surface area contributed by atoms with E-state index in [2.05, 4.69) is 0 Å². The highest BCUT2D eigenvalue weighted by atomic mass is 32.2. The van der Waals surface area contributed by atoms with Gasteiger partial charge >= 0.3 is 0 Å². The van der Waals surface area contributed by atoms with Crippen molar-refractivity contribution in [2.45, 2.75) is 12.5 Å². The minimum atomic E-state index is -4.13. The van der Waals surface area contributed by atoms with Crippen molar-refractivity contribution in [1.82, 2.24) is 0 Å². The molecule has 2 rings (SSSR count). The SMILES string of the molecule is O=S(=O)(O)C1=CCC2=CC(O)C=CC2=C1. The summed E-state index contributed by atoms with van der Waals surface area (Å²) >= 11 is 0. The second-order valence-electron chi connectivity index (χ2n) is 3.43. The Hall–Kier alpha value is -1.17. The third kappa shape index (κ3) is 2.09. The molecule has 0 radical (unpaired) electrons. The quantitative estimate of drug-likeness (QED) is 0.653. The summed E-state index contributed by atoms with van der Waals surface area (Å²) in [5.41, 5.74) is 1.59. The van der Waals surface area contributed by atoms with E-state index >= 15 is 0 Å². The molecule has 2 aliphatic carbocycles. The zero-order valence-electron chi connectivity index (χ0n) is 7.79. The van der Waals surface area contributed by atoms with Crippen LogP contribution in [0.25, 0.3) is 0 Å². The molecule has 0 aromatic heterocycles. The van der Waals surface area contributed by atoms with Gasteiger partial charge in [0.2, 0.25) is 0 Å². The van der Waals surface area contributed by atoms with Crippen molar-refractivity contribution in [2.24, 2.45) is 0 Å². The van der Waals surface area contributed by atoms with Crippen LogP contribution in [-0.2, 0) is 10.1 Å². The number of hydrogen-bond donors (Lipinski definition) is 2. The lowest BCUT2D eigenvalue weighted by Crippen LogP contribution is -2.10. The molecule has 1 unspecified atom stereocenters. The molecule has 0 spiro atoms. The zero-order chi connectivity index (χ0) is 11.1. The van der Waals surface area contributed by atoms with Gasteiger partial charge in [-0.1, -0.05) is 18.2 Å². The van der Waals surface area contributed by atoms with Gasteiger partial charge < -0.3 is 5.11 Å². The predicted molar refractivity (Wildman–Crippen MR) is 55.6 cm³/mol. The monoisotopic (exact) mass is 226 g/mol. The molecule has 0 saturated carbocycles. The van der Waals surface area contributed by atoms with Crippen LogP contribution >= 0.6 is 0 Å². The van der Waals surface area contributed by atoms with E-state index < -0.39 is 16.2 Å². The summed E-state index contributed by atoms with van der Waals surface area (Å²) in [6.07, 6.45) is 7.48. The summed E-state index contributed by atoms with van der Waals surface area (Å²) in [7, 11) is -4.13. The summed E-state index contributed by atoms with van der Waals surface area (Å²) in [5.74, 6) is 0. The first-order valence-electron chi connectivity index (χ1n) is 4.43. The summed E-state index contributed by atoms with van der Waals surface area (Å²) in [6, 6.07) is 0. The Labute approximate surface area is 87.7 Å². The summed E-state index contributed by atoms with van der Waals surface area (Å²) in [5, 5.41) is 9.30. The molecule has 0 heterocycles. The maximum absolute atomic E-state index is 10.9. The average Bonchev–Trinajstić information content (AvgIpc) is 2.15. The van der Waals surface area contributed by atoms with Gasteiger partial charge in [0.05, 0.1) is 11.0 Å². The standard InChI is InChI=1S/C10H10O4S/c11-9-3-1-8-6-10(15(12,13)14)4-2-7(8)5-9/h1,3-6,9,11H,2H2,(H,12,13,14). The first-order valence-corrected chi connectivity index (χ1v) is 5.87. The second-order valence-corrected chi connectivity index (χ2v) is 4.85. The topological polar surface area (TPSA) is 74.6 Å². The van der Waals surface area contributed by atoms with E-state index in [4.69, 9.17) is 4.55 Å². The van der Waals surface area contributed by atoms with Crippen molar-refractivity contribution >= 4 is 10.1 Å². The largest absolute Gasteiger partial charge is 0.385 e. The Balaban J connectivity index is 2.40. The Morgan fingerprint density at radius 3 is 2.80 bits per heavy atom. The van der Waals surface area contributed by atoms with Gasteiger partial charge in [0, 0.05) is 0 Å². The highest BCUT2D eigenvalue weighted by Gasteiger charge is 2.19. The molecule has 1 atom stereocenters. The van der Waals surface area contributed by atoms with Gasteiger partial charge in [0.1, 0.15) is 0 Å². The third-order valence-corrected chi connectivity index (χ3v) is 3.21. The summed E-state index contributed by atoms with van der Waals surface area (Å²) in [6.45, 7) is 0. The number of hydrogen-bond acceptors (Lipinski definition) is 3. The Morgan fingerprint density at radius 2 is 2.13 bits per heavy atom. The maximum atomic E-state index is 10.9. The van der Waals surface area contributed by atoms with Crippen LogP contribution in [0.2, 0.25) is 0 Å². The van der Waals surface area contributed by atoms with Gasteiger partial charge in [-0.05, 0) is 29.7 Å². The maximum Gasteiger partial charge on any atom is 0.294 e. The number of fused-ring (bicyclic) bond motifs is 1. The summed E-state index contributed by atoms with van der Waals surface area (Å²) < 4.78 is 30.6. The lowest BCUT2D eigenvalue weighted by atomic mass is 9.92. The Morgan fingerprint density at radius 1 is 1.40 bits per heavy atom. The van der Waals surface area contributed by atoms with Crippen molar-refractivity contribution in [3.63, 3.8) is 0 Å². The number of aliphatic hydroxyl groups excluding tert-OH is 1. The molecule has 2 aliphatic rings. The van der Waals surface area contributed by atoms with Crippen LogP contribution in [0.5, 0.6) is 0 Å². The first kappa shape index (κ1) is 10.4. The second kappa shape index (κ2) is 3.44. The van der Waals surface area contributed by atoms with Crippen molar-refractivity contribution in [3.05, 3.63) is 46.4 Å². The predicted octanol–water partition coefficient (Wildman–Crippen LogP) is 0.945. The third-order valence-electron chi connectivity index (χ3n) is 2.33. The van der Waals surface area contributed by atoms with Crippen LogP contribution in [-0.4, -0.2) is 24.2 Å². The number of allylic oxidation sites excluding steroid dienone is 5. The molecular formula is C10H10O4S. The van der Waals surface area contributed by atoms with E-state index in [9.17, 15) is 13.5 Å². The van der Waals surface area contributed by atoms with E-state index in [-0.39, 0.29) is 4.91 Å². The van der Waals surface area contributed by atoms with Gasteiger partial charge in [0.15, 0.2) is 0 Å². The molecular weight excluding hydrogens is 216 g/mol. The first-order chi connectivity index (χ1) is 6.97. The summed E-state index contributed by atoms with van der Waals surface area (Å²) in [4.78, 5) is -0.0873. The van der Waals surface area contributed by atoms with E-state index in [1.54, 1.807) is 18.2 Å². The molecule has 0 amide bonds. The van der Waals surface area contributed by atoms with Crippen molar-refractivity contribution in [2.75, 3.05) is 0 Å². The molecule has 0 saturated heterocycles. The van der Waals surface area contributed by atoms with E-state index in [0.717, 1.165) is 11.1 Å². The van der Waals surface area contributed by atoms with Gasteiger partial charge in [-0.15, -0.1) is 0 Å². The highest BCUT2D eigenvalue weighted by Crippen LogP contribution is 2.29. The van der Waals surface area contributed by atoms with Crippen molar-refractivity contribution in [1.29, 1.82) is 0 Å². The Bertz CT molecular complexity index is 506. The molecule has 2 N–H and O–H groups in total. The van der Waals surface area contributed by atoms with Gasteiger partial charge in [0.25, 0.3) is 10.1 Å². The highest BCUT2D eigenvalue weighted by molar-refractivity contribution is 7.90. The van der Waals surface area contributed by atoms with Crippen molar-refractivity contribution in [3.8, 4) is 0 Å². The molecule has 4 nitrogen and oxygen atoms in total. The fourth-order valence-corrected chi connectivity index (χ4v) is 2.17. The molecule has 0 aliphatic heterocycles. The van der Waals surface area contributed by atoms with E-state index in [0.29, 0.717) is 6.42 Å². The normalized spacial score (nSPS) is 25.2. The lowest BCUT2D eigenvalue weighted by Gasteiger charge is -2.18. The molecule has 0 aromatic carbocycles. The van der Waals surface area contributed by atoms with Gasteiger partial charge in [-0.2, -0.15) is 8.42 Å². The minimum Gasteiger partial charge on any atom is -0.385 e. The van der Waals surface area contributed by atoms with Crippen LogP contribution in [0.3, 0.4) is 0 Å². The van der Waals surface area contributed by atoms with Gasteiger partial charge in [-0.3, -0.25) is 4.55 Å². The zero-order valence-corrected chi connectivity index (χ0v) is 8.61.